The average Bonchev–Trinajstić information content (AvgIpc) is 3.21. The standard InChI is InChI=1S/C18H22N6O/c1-19-16-12-7-10-24(18(25)14-5-2-3-8-21-14)11-15(12)22-17(23-16)13-6-4-9-20-13/h2-3,5,8,13,20H,4,6-7,9-11H2,1H3,(H,19,22,23)/t13-/m0/s1. The third-order valence-electron chi connectivity index (χ3n) is 4.86. The molecule has 1 fully saturated rings. The smallest absolute Gasteiger partial charge is 0.272 e. The molecule has 130 valence electrons. The van der Waals surface area contributed by atoms with Crippen molar-refractivity contribution in [1.82, 2.24) is 25.2 Å². The maximum atomic E-state index is 12.7. The second kappa shape index (κ2) is 6.76. The molecule has 2 aromatic rings. The van der Waals surface area contributed by atoms with Gasteiger partial charge in [-0.2, -0.15) is 0 Å². The second-order valence-electron chi connectivity index (χ2n) is 6.45. The SMILES string of the molecule is CNc1nc([C@@H]2CCCN2)nc2c1CCN(C(=O)c1ccccn1)C2. The quantitative estimate of drug-likeness (QED) is 0.883. The summed E-state index contributed by atoms with van der Waals surface area (Å²) < 4.78 is 0. The Morgan fingerprint density at radius 3 is 3.00 bits per heavy atom. The predicted molar refractivity (Wildman–Crippen MR) is 94.2 cm³/mol. The first-order valence-electron chi connectivity index (χ1n) is 8.77. The number of pyridine rings is 1. The number of aromatic nitrogens is 3. The van der Waals surface area contributed by atoms with Crippen molar-refractivity contribution in [1.29, 1.82) is 0 Å². The van der Waals surface area contributed by atoms with E-state index in [1.165, 1.54) is 0 Å². The van der Waals surface area contributed by atoms with E-state index in [9.17, 15) is 4.79 Å². The van der Waals surface area contributed by atoms with Gasteiger partial charge in [0.15, 0.2) is 0 Å². The van der Waals surface area contributed by atoms with E-state index in [-0.39, 0.29) is 11.9 Å². The van der Waals surface area contributed by atoms with Gasteiger partial charge in [0.2, 0.25) is 0 Å². The molecule has 4 rings (SSSR count). The fraction of sp³-hybridized carbons (Fsp3) is 0.444. The Hall–Kier alpha value is -2.54. The van der Waals surface area contributed by atoms with Crippen molar-refractivity contribution in [2.75, 3.05) is 25.5 Å². The molecule has 25 heavy (non-hydrogen) atoms. The van der Waals surface area contributed by atoms with Crippen molar-refractivity contribution in [3.63, 3.8) is 0 Å². The first-order chi connectivity index (χ1) is 12.3. The molecular weight excluding hydrogens is 316 g/mol. The molecular formula is C18H22N6O. The fourth-order valence-electron chi connectivity index (χ4n) is 3.54. The van der Waals surface area contributed by atoms with E-state index in [1.807, 2.05) is 24.1 Å². The molecule has 7 heteroatoms. The number of carbonyl (C=O) groups is 1. The molecule has 0 saturated carbocycles. The third-order valence-corrected chi connectivity index (χ3v) is 4.86. The third kappa shape index (κ3) is 3.07. The summed E-state index contributed by atoms with van der Waals surface area (Å²) >= 11 is 0. The van der Waals surface area contributed by atoms with E-state index < -0.39 is 0 Å². The van der Waals surface area contributed by atoms with Gasteiger partial charge in [0.1, 0.15) is 17.3 Å². The summed E-state index contributed by atoms with van der Waals surface area (Å²) in [5.41, 5.74) is 2.54. The molecule has 2 aliphatic rings. The first kappa shape index (κ1) is 16.0. The summed E-state index contributed by atoms with van der Waals surface area (Å²) in [4.78, 5) is 28.2. The lowest BCUT2D eigenvalue weighted by atomic mass is 10.0. The molecule has 0 unspecified atom stereocenters. The second-order valence-corrected chi connectivity index (χ2v) is 6.45. The highest BCUT2D eigenvalue weighted by atomic mass is 16.2. The lowest BCUT2D eigenvalue weighted by molar-refractivity contribution is 0.0725. The van der Waals surface area contributed by atoms with Crippen LogP contribution in [0.4, 0.5) is 5.82 Å². The van der Waals surface area contributed by atoms with Crippen LogP contribution < -0.4 is 10.6 Å². The Bertz CT molecular complexity index is 773. The average molecular weight is 338 g/mol. The van der Waals surface area contributed by atoms with Crippen LogP contribution in [0.25, 0.3) is 0 Å². The number of fused-ring (bicyclic) bond motifs is 1. The lowest BCUT2D eigenvalue weighted by Gasteiger charge is -2.29. The van der Waals surface area contributed by atoms with Gasteiger partial charge in [-0.1, -0.05) is 6.07 Å². The van der Waals surface area contributed by atoms with E-state index in [0.29, 0.717) is 18.8 Å². The van der Waals surface area contributed by atoms with Gasteiger partial charge in [-0.15, -0.1) is 0 Å². The number of anilines is 1. The molecule has 1 amide bonds. The molecule has 2 aliphatic heterocycles. The van der Waals surface area contributed by atoms with Crippen molar-refractivity contribution in [2.45, 2.75) is 31.8 Å². The van der Waals surface area contributed by atoms with Gasteiger partial charge in [-0.05, 0) is 37.9 Å². The highest BCUT2D eigenvalue weighted by Crippen LogP contribution is 2.28. The molecule has 7 nitrogen and oxygen atoms in total. The topological polar surface area (TPSA) is 83.0 Å². The summed E-state index contributed by atoms with van der Waals surface area (Å²) in [7, 11) is 1.89. The summed E-state index contributed by atoms with van der Waals surface area (Å²) in [6, 6.07) is 5.61. The van der Waals surface area contributed by atoms with Crippen LogP contribution in [0.15, 0.2) is 24.4 Å². The Labute approximate surface area is 146 Å². The van der Waals surface area contributed by atoms with Gasteiger partial charge in [0.05, 0.1) is 18.3 Å². The van der Waals surface area contributed by atoms with Crippen LogP contribution in [-0.2, 0) is 13.0 Å². The highest BCUT2D eigenvalue weighted by Gasteiger charge is 2.28. The minimum atomic E-state index is -0.0450. The molecule has 2 aromatic heterocycles. The molecule has 1 saturated heterocycles. The molecule has 0 aromatic carbocycles. The largest absolute Gasteiger partial charge is 0.373 e. The van der Waals surface area contributed by atoms with Crippen LogP contribution in [0.1, 0.15) is 46.5 Å². The normalized spacial score (nSPS) is 19.6. The number of hydrogen-bond donors (Lipinski definition) is 2. The van der Waals surface area contributed by atoms with Crippen LogP contribution in [0.2, 0.25) is 0 Å². The Kier molecular flexibility index (Phi) is 4.31. The summed E-state index contributed by atoms with van der Waals surface area (Å²) in [6.07, 6.45) is 4.60. The van der Waals surface area contributed by atoms with Crippen molar-refractivity contribution >= 4 is 11.7 Å². The number of carbonyl (C=O) groups excluding carboxylic acids is 1. The van der Waals surface area contributed by atoms with Crippen LogP contribution in [-0.4, -0.2) is 45.9 Å². The van der Waals surface area contributed by atoms with E-state index in [1.54, 1.807) is 12.3 Å². The predicted octanol–water partition coefficient (Wildman–Crippen LogP) is 1.54. The van der Waals surface area contributed by atoms with E-state index >= 15 is 0 Å². The highest BCUT2D eigenvalue weighted by molar-refractivity contribution is 5.92. The van der Waals surface area contributed by atoms with Gasteiger partial charge in [-0.3, -0.25) is 9.78 Å². The van der Waals surface area contributed by atoms with Gasteiger partial charge >= 0.3 is 0 Å². The summed E-state index contributed by atoms with van der Waals surface area (Å²) in [6.45, 7) is 2.16. The van der Waals surface area contributed by atoms with Crippen molar-refractivity contribution < 1.29 is 4.79 Å². The first-order valence-corrected chi connectivity index (χ1v) is 8.77. The van der Waals surface area contributed by atoms with E-state index in [0.717, 1.165) is 48.7 Å². The molecule has 4 heterocycles. The van der Waals surface area contributed by atoms with Crippen LogP contribution in [0.3, 0.4) is 0 Å². The fourth-order valence-corrected chi connectivity index (χ4v) is 3.54. The minimum absolute atomic E-state index is 0.0450. The van der Waals surface area contributed by atoms with Crippen LogP contribution >= 0.6 is 0 Å². The number of amides is 1. The van der Waals surface area contributed by atoms with E-state index in [4.69, 9.17) is 9.97 Å². The Morgan fingerprint density at radius 2 is 2.28 bits per heavy atom. The number of nitrogens with zero attached hydrogens (tertiary/aromatic N) is 4. The molecule has 0 aliphatic carbocycles. The van der Waals surface area contributed by atoms with Crippen molar-refractivity contribution in [3.05, 3.63) is 47.2 Å². The number of hydrogen-bond acceptors (Lipinski definition) is 6. The molecule has 1 atom stereocenters. The lowest BCUT2D eigenvalue weighted by Crippen LogP contribution is -2.37. The maximum Gasteiger partial charge on any atom is 0.272 e. The molecule has 0 spiro atoms. The molecule has 0 bridgehead atoms. The van der Waals surface area contributed by atoms with Crippen molar-refractivity contribution in [3.8, 4) is 0 Å². The maximum absolute atomic E-state index is 12.7. The Balaban J connectivity index is 1.63. The summed E-state index contributed by atoms with van der Waals surface area (Å²) in [5, 5.41) is 6.65. The zero-order valence-electron chi connectivity index (χ0n) is 14.3. The van der Waals surface area contributed by atoms with Gasteiger partial charge < -0.3 is 15.5 Å². The molecule has 0 radical (unpaired) electrons. The van der Waals surface area contributed by atoms with Crippen molar-refractivity contribution in [2.24, 2.45) is 0 Å². The van der Waals surface area contributed by atoms with E-state index in [2.05, 4.69) is 15.6 Å². The monoisotopic (exact) mass is 338 g/mol. The van der Waals surface area contributed by atoms with Gasteiger partial charge in [0.25, 0.3) is 5.91 Å². The number of nitrogens with one attached hydrogen (secondary N) is 2. The van der Waals surface area contributed by atoms with Gasteiger partial charge in [0, 0.05) is 25.4 Å². The van der Waals surface area contributed by atoms with Crippen LogP contribution in [0.5, 0.6) is 0 Å². The minimum Gasteiger partial charge on any atom is -0.373 e. The zero-order chi connectivity index (χ0) is 17.2. The van der Waals surface area contributed by atoms with Crippen LogP contribution in [0, 0.1) is 0 Å². The zero-order valence-corrected chi connectivity index (χ0v) is 14.3. The number of rotatable bonds is 3. The summed E-state index contributed by atoms with van der Waals surface area (Å²) in [5.74, 6) is 1.67. The van der Waals surface area contributed by atoms with Gasteiger partial charge in [-0.25, -0.2) is 9.97 Å². The molecule has 2 N–H and O–H groups in total. The Morgan fingerprint density at radius 1 is 1.36 bits per heavy atom.